The molecule has 5 nitrogen and oxygen atoms in total. The summed E-state index contributed by atoms with van der Waals surface area (Å²) in [5, 5.41) is 9.37. The van der Waals surface area contributed by atoms with E-state index in [9.17, 15) is 13.7 Å². The standard InChI is InChI=1S/C17H13N3O2S/c18-11-15-16(13-7-3-1-4-8-13)12-20(17(15)19)23(21,22)14-9-5-2-6-10-14/h1-10,12H,19H2. The number of anilines is 1. The number of benzene rings is 2. The van der Waals surface area contributed by atoms with Crippen molar-refractivity contribution < 1.29 is 8.42 Å². The molecule has 0 unspecified atom stereocenters. The molecule has 6 heteroatoms. The monoisotopic (exact) mass is 323 g/mol. The molecule has 3 rings (SSSR count). The molecule has 23 heavy (non-hydrogen) atoms. The molecule has 2 aromatic carbocycles. The smallest absolute Gasteiger partial charge is 0.269 e. The molecular formula is C17H13N3O2S. The first-order valence-electron chi connectivity index (χ1n) is 6.82. The number of hydrogen-bond acceptors (Lipinski definition) is 4. The maximum Gasteiger partial charge on any atom is 0.269 e. The molecule has 0 aliphatic heterocycles. The Bertz CT molecular complexity index is 986. The molecule has 0 fully saturated rings. The topological polar surface area (TPSA) is 88.9 Å². The molecule has 0 saturated carbocycles. The summed E-state index contributed by atoms with van der Waals surface area (Å²) in [6.45, 7) is 0. The molecule has 0 aliphatic rings. The normalized spacial score (nSPS) is 11.1. The van der Waals surface area contributed by atoms with Gasteiger partial charge in [-0.25, -0.2) is 12.4 Å². The Morgan fingerprint density at radius 1 is 0.957 bits per heavy atom. The SMILES string of the molecule is N#Cc1c(-c2ccccc2)cn(S(=O)(=O)c2ccccc2)c1N. The number of nitriles is 1. The molecule has 2 N–H and O–H groups in total. The van der Waals surface area contributed by atoms with E-state index < -0.39 is 10.0 Å². The Morgan fingerprint density at radius 2 is 1.52 bits per heavy atom. The van der Waals surface area contributed by atoms with Crippen molar-refractivity contribution in [1.82, 2.24) is 3.97 Å². The number of hydrogen-bond donors (Lipinski definition) is 1. The number of nitrogens with two attached hydrogens (primary N) is 1. The fraction of sp³-hybridized carbons (Fsp3) is 0. The quantitative estimate of drug-likeness (QED) is 0.802. The van der Waals surface area contributed by atoms with Gasteiger partial charge in [-0.15, -0.1) is 0 Å². The van der Waals surface area contributed by atoms with E-state index in [1.54, 1.807) is 30.3 Å². The summed E-state index contributed by atoms with van der Waals surface area (Å²) in [7, 11) is -3.85. The Labute approximate surface area is 134 Å². The lowest BCUT2D eigenvalue weighted by Gasteiger charge is -2.07. The average molecular weight is 323 g/mol. The first-order valence-corrected chi connectivity index (χ1v) is 8.26. The van der Waals surface area contributed by atoms with Crippen molar-refractivity contribution >= 4 is 15.8 Å². The van der Waals surface area contributed by atoms with Gasteiger partial charge in [0.25, 0.3) is 10.0 Å². The van der Waals surface area contributed by atoms with Gasteiger partial charge in [-0.2, -0.15) is 5.26 Å². The van der Waals surface area contributed by atoms with Crippen LogP contribution in [-0.4, -0.2) is 12.4 Å². The highest BCUT2D eigenvalue weighted by Crippen LogP contribution is 2.31. The number of nitrogens with zero attached hydrogens (tertiary/aromatic N) is 2. The Balaban J connectivity index is 2.24. The number of nitrogen functional groups attached to an aromatic ring is 1. The fourth-order valence-corrected chi connectivity index (χ4v) is 3.68. The van der Waals surface area contributed by atoms with Gasteiger partial charge < -0.3 is 5.73 Å². The van der Waals surface area contributed by atoms with E-state index in [0.717, 1.165) is 9.54 Å². The minimum absolute atomic E-state index is 0.0878. The van der Waals surface area contributed by atoms with Crippen LogP contribution in [-0.2, 0) is 10.0 Å². The molecule has 1 heterocycles. The Hall–Kier alpha value is -3.04. The number of aromatic nitrogens is 1. The summed E-state index contributed by atoms with van der Waals surface area (Å²) in [5.41, 5.74) is 7.31. The van der Waals surface area contributed by atoms with Crippen molar-refractivity contribution in [3.8, 4) is 17.2 Å². The maximum absolute atomic E-state index is 12.7. The highest BCUT2D eigenvalue weighted by atomic mass is 32.2. The molecule has 0 amide bonds. The Morgan fingerprint density at radius 3 is 2.09 bits per heavy atom. The lowest BCUT2D eigenvalue weighted by atomic mass is 10.1. The maximum atomic E-state index is 12.7. The van der Waals surface area contributed by atoms with Crippen molar-refractivity contribution in [2.45, 2.75) is 4.90 Å². The highest BCUT2D eigenvalue weighted by molar-refractivity contribution is 7.90. The summed E-state index contributed by atoms with van der Waals surface area (Å²) in [6.07, 6.45) is 1.39. The third-order valence-corrected chi connectivity index (χ3v) is 5.19. The van der Waals surface area contributed by atoms with Crippen molar-refractivity contribution in [3.63, 3.8) is 0 Å². The molecule has 0 aliphatic carbocycles. The van der Waals surface area contributed by atoms with E-state index in [0.29, 0.717) is 5.56 Å². The van der Waals surface area contributed by atoms with Gasteiger partial charge in [-0.1, -0.05) is 48.5 Å². The van der Waals surface area contributed by atoms with Crippen molar-refractivity contribution in [2.24, 2.45) is 0 Å². The van der Waals surface area contributed by atoms with Crippen LogP contribution in [0.3, 0.4) is 0 Å². The lowest BCUT2D eigenvalue weighted by Crippen LogP contribution is -2.14. The van der Waals surface area contributed by atoms with Gasteiger partial charge in [0.05, 0.1) is 4.90 Å². The molecule has 0 spiro atoms. The molecule has 0 atom stereocenters. The van der Waals surface area contributed by atoms with Crippen LogP contribution in [0.2, 0.25) is 0 Å². The van der Waals surface area contributed by atoms with Gasteiger partial charge >= 0.3 is 0 Å². The second-order valence-electron chi connectivity index (χ2n) is 4.89. The van der Waals surface area contributed by atoms with Gasteiger partial charge in [-0.3, -0.25) is 0 Å². The average Bonchev–Trinajstić information content (AvgIpc) is 2.93. The largest absolute Gasteiger partial charge is 0.383 e. The van der Waals surface area contributed by atoms with Crippen molar-refractivity contribution in [3.05, 3.63) is 72.4 Å². The lowest BCUT2D eigenvalue weighted by molar-refractivity contribution is 0.588. The van der Waals surface area contributed by atoms with Crippen LogP contribution in [0.1, 0.15) is 5.56 Å². The van der Waals surface area contributed by atoms with E-state index >= 15 is 0 Å². The van der Waals surface area contributed by atoms with Gasteiger partial charge in [0, 0.05) is 11.8 Å². The summed E-state index contributed by atoms with van der Waals surface area (Å²) in [4.78, 5) is 0.116. The Kier molecular flexibility index (Phi) is 3.64. The van der Waals surface area contributed by atoms with Crippen LogP contribution in [0.25, 0.3) is 11.1 Å². The zero-order valence-corrected chi connectivity index (χ0v) is 12.9. The van der Waals surface area contributed by atoms with Gasteiger partial charge in [0.2, 0.25) is 0 Å². The molecule has 0 radical (unpaired) electrons. The number of rotatable bonds is 3. The van der Waals surface area contributed by atoms with E-state index in [4.69, 9.17) is 5.73 Å². The summed E-state index contributed by atoms with van der Waals surface area (Å²) in [6, 6.07) is 19.0. The third-order valence-electron chi connectivity index (χ3n) is 3.51. The van der Waals surface area contributed by atoms with Crippen LogP contribution in [0.15, 0.2) is 71.8 Å². The van der Waals surface area contributed by atoms with Crippen molar-refractivity contribution in [2.75, 3.05) is 5.73 Å². The molecule has 0 saturated heterocycles. The zero-order chi connectivity index (χ0) is 16.4. The van der Waals surface area contributed by atoms with E-state index in [1.165, 1.54) is 18.3 Å². The van der Waals surface area contributed by atoms with Crippen molar-refractivity contribution in [1.29, 1.82) is 5.26 Å². The van der Waals surface area contributed by atoms with Gasteiger partial charge in [0.15, 0.2) is 0 Å². The van der Waals surface area contributed by atoms with E-state index in [2.05, 4.69) is 0 Å². The second kappa shape index (κ2) is 5.63. The van der Waals surface area contributed by atoms with Crippen LogP contribution in [0.5, 0.6) is 0 Å². The molecule has 1 aromatic heterocycles. The highest BCUT2D eigenvalue weighted by Gasteiger charge is 2.24. The predicted molar refractivity (Wildman–Crippen MR) is 88.0 cm³/mol. The third kappa shape index (κ3) is 2.47. The summed E-state index contributed by atoms with van der Waals surface area (Å²) in [5.74, 6) is -0.0878. The summed E-state index contributed by atoms with van der Waals surface area (Å²) < 4.78 is 26.4. The van der Waals surface area contributed by atoms with Crippen LogP contribution < -0.4 is 5.73 Å². The summed E-state index contributed by atoms with van der Waals surface area (Å²) >= 11 is 0. The second-order valence-corrected chi connectivity index (χ2v) is 6.71. The fourth-order valence-electron chi connectivity index (χ4n) is 2.36. The first-order chi connectivity index (χ1) is 11.1. The minimum Gasteiger partial charge on any atom is -0.383 e. The minimum atomic E-state index is -3.85. The predicted octanol–water partition coefficient (Wildman–Crippen LogP) is 2.85. The molecular weight excluding hydrogens is 310 g/mol. The van der Waals surface area contributed by atoms with Gasteiger partial charge in [-0.05, 0) is 17.7 Å². The first kappa shape index (κ1) is 14.9. The zero-order valence-electron chi connectivity index (χ0n) is 12.0. The van der Waals surface area contributed by atoms with Crippen LogP contribution in [0, 0.1) is 11.3 Å². The van der Waals surface area contributed by atoms with Crippen LogP contribution >= 0.6 is 0 Å². The molecule has 114 valence electrons. The van der Waals surface area contributed by atoms with E-state index in [-0.39, 0.29) is 16.3 Å². The van der Waals surface area contributed by atoms with Crippen LogP contribution in [0.4, 0.5) is 5.82 Å². The molecule has 0 bridgehead atoms. The van der Waals surface area contributed by atoms with E-state index in [1.807, 2.05) is 24.3 Å². The molecule has 3 aromatic rings. The van der Waals surface area contributed by atoms with Gasteiger partial charge in [0.1, 0.15) is 17.5 Å².